The summed E-state index contributed by atoms with van der Waals surface area (Å²) in [6.45, 7) is 2.09. The maximum atomic E-state index is 13.2. The van der Waals surface area contributed by atoms with E-state index in [-0.39, 0.29) is 166 Å². The Morgan fingerprint density at radius 3 is 1.39 bits per heavy atom. The number of ketones is 1. The lowest BCUT2D eigenvalue weighted by molar-refractivity contribution is -0.271. The smallest absolute Gasteiger partial charge is 0.237 e. The van der Waals surface area contributed by atoms with Crippen LogP contribution in [0.5, 0.6) is 0 Å². The number of ether oxygens (including phenoxy) is 2. The lowest BCUT2D eigenvalue weighted by Crippen LogP contribution is -2.51. The van der Waals surface area contributed by atoms with E-state index in [2.05, 4.69) is 37.2 Å². The van der Waals surface area contributed by atoms with Crippen LogP contribution in [0.15, 0.2) is 0 Å². The van der Waals surface area contributed by atoms with Gasteiger partial charge >= 0.3 is 0 Å². The average molecular weight is 1210 g/mol. The van der Waals surface area contributed by atoms with Crippen molar-refractivity contribution in [1.29, 1.82) is 0 Å². The van der Waals surface area contributed by atoms with Crippen LogP contribution in [0, 0.1) is 0 Å². The van der Waals surface area contributed by atoms with E-state index >= 15 is 0 Å². The average Bonchev–Trinajstić information content (AvgIpc) is 3.67. The van der Waals surface area contributed by atoms with Crippen molar-refractivity contribution in [2.75, 3.05) is 131 Å². The molecule has 0 unspecified atom stereocenters. The molecule has 8 amide bonds. The number of rotatable bonds is 53. The summed E-state index contributed by atoms with van der Waals surface area (Å²) in [5.41, 5.74) is 0. The highest BCUT2D eigenvalue weighted by atomic mass is 16.7. The summed E-state index contributed by atoms with van der Waals surface area (Å²) in [5, 5.41) is 86.4. The molecule has 0 aromatic carbocycles. The number of hydrogen-bond donors (Lipinski definition) is 14. The number of unbranched alkanes of at least 4 members (excludes halogenated alkanes) is 10. The number of nitrogens with zero attached hydrogens (tertiary/aromatic N) is 3. The van der Waals surface area contributed by atoms with Gasteiger partial charge < -0.3 is 97.0 Å². The van der Waals surface area contributed by atoms with Gasteiger partial charge in [0, 0.05) is 97.6 Å². The van der Waals surface area contributed by atoms with Gasteiger partial charge in [-0.05, 0) is 84.1 Å². The first-order chi connectivity index (χ1) is 40.5. The molecule has 28 heteroatoms. The Hall–Kier alpha value is -5.01. The molecule has 0 aromatic rings. The van der Waals surface area contributed by atoms with Crippen molar-refractivity contribution in [3.05, 3.63) is 0 Å². The molecule has 1 fully saturated rings. The second-order valence-electron chi connectivity index (χ2n) is 21.0. The summed E-state index contributed by atoms with van der Waals surface area (Å²) in [6.07, 6.45) is 6.06. The summed E-state index contributed by atoms with van der Waals surface area (Å²) < 4.78 is 11.0. The van der Waals surface area contributed by atoms with E-state index < -0.39 is 48.4 Å². The molecule has 0 bridgehead atoms. The molecule has 1 saturated heterocycles. The van der Waals surface area contributed by atoms with Crippen molar-refractivity contribution in [3.8, 4) is 0 Å². The van der Waals surface area contributed by atoms with E-state index in [9.17, 15) is 73.8 Å². The first-order valence-electron chi connectivity index (χ1n) is 30.3. The molecule has 1 aliphatic heterocycles. The lowest BCUT2D eigenvalue weighted by atomic mass is 10.0. The number of carbonyl (C=O) groups excluding carboxylic acids is 9. The minimum Gasteiger partial charge on any atom is -0.395 e. The van der Waals surface area contributed by atoms with Gasteiger partial charge in [0.15, 0.2) is 6.29 Å². The Kier molecular flexibility index (Phi) is 46.0. The molecule has 0 saturated carbocycles. The predicted molar refractivity (Wildman–Crippen MR) is 309 cm³/mol. The van der Waals surface area contributed by atoms with Crippen LogP contribution < -0.4 is 37.2 Å². The van der Waals surface area contributed by atoms with E-state index in [0.29, 0.717) is 116 Å². The Balaban J connectivity index is 2.67. The largest absolute Gasteiger partial charge is 0.395 e. The number of carbonyl (C=O) groups is 9. The summed E-state index contributed by atoms with van der Waals surface area (Å²) in [7, 11) is 0. The summed E-state index contributed by atoms with van der Waals surface area (Å²) in [6, 6.07) is -0.775. The van der Waals surface area contributed by atoms with Gasteiger partial charge in [-0.15, -0.1) is 0 Å². The molecular weight excluding hydrogens is 1100 g/mol. The lowest BCUT2D eigenvalue weighted by Gasteiger charge is -2.36. The fraction of sp³-hybridized carbons (Fsp3) is 0.839. The molecule has 0 radical (unpaired) electrons. The molecule has 486 valence electrons. The van der Waals surface area contributed by atoms with Crippen molar-refractivity contribution in [2.45, 2.75) is 172 Å². The first-order valence-corrected chi connectivity index (χ1v) is 30.3. The van der Waals surface area contributed by atoms with Crippen LogP contribution in [0.4, 0.5) is 0 Å². The first kappa shape index (κ1) is 77.0. The van der Waals surface area contributed by atoms with Crippen LogP contribution in [-0.2, 0) is 52.6 Å². The summed E-state index contributed by atoms with van der Waals surface area (Å²) >= 11 is 0. The highest BCUT2D eigenvalue weighted by Gasteiger charge is 2.37. The Morgan fingerprint density at radius 2 is 0.917 bits per heavy atom. The molecule has 14 N–H and O–H groups in total. The van der Waals surface area contributed by atoms with Crippen LogP contribution in [0.1, 0.15) is 142 Å². The molecule has 1 rings (SSSR count). The van der Waals surface area contributed by atoms with Crippen molar-refractivity contribution < 1.29 is 88.4 Å². The van der Waals surface area contributed by atoms with Gasteiger partial charge in [-0.3, -0.25) is 43.3 Å². The zero-order valence-electron chi connectivity index (χ0n) is 49.8. The maximum absolute atomic E-state index is 13.2. The maximum Gasteiger partial charge on any atom is 0.237 e. The van der Waals surface area contributed by atoms with Crippen LogP contribution in [0.2, 0.25) is 0 Å². The van der Waals surface area contributed by atoms with E-state index in [0.717, 1.165) is 19.3 Å². The zero-order chi connectivity index (χ0) is 62.2. The molecular formula is C56H104N10O18. The summed E-state index contributed by atoms with van der Waals surface area (Å²) in [5.74, 6) is -2.34. The number of amides is 8. The van der Waals surface area contributed by atoms with Gasteiger partial charge in [-0.1, -0.05) is 25.7 Å². The minimum atomic E-state index is -1.33. The number of nitrogens with one attached hydrogen (secondary N) is 7. The number of Topliss-reactive ketones (excluding diaryl/α,β-unsaturated/α-hetero) is 1. The van der Waals surface area contributed by atoms with Crippen LogP contribution in [0.25, 0.3) is 0 Å². The quantitative estimate of drug-likeness (QED) is 0.0267. The fourth-order valence-electron chi connectivity index (χ4n) is 8.96. The standard InChI is InChI=1S/C56H104N10O18/c1-43(72)17-7-2-11-21-57-45(55(82)63-26-14-3-8-18-47(74)62-27-32-67)38-48(75)58-22-15-6-16-25-61-51(78)41-64(39-49(76)59-23-12-4-9-19-52(79)65(28-33-68)29-34-69)40-50(77)60-24-13-5-10-20-53(80)66(30-35-70)31-36-83-56-54(81)46(73)37-44(42-71)84-56/h44-46,54,56-57,67-71,73,81H,2-42H2,1H3,(H,58,75)(H,59,76)(H,60,77)(H,61,78)(H,62,74)(H,63,82)/t44-,45-,46-,54-,56-/m0/s1. The molecule has 1 aliphatic rings. The van der Waals surface area contributed by atoms with Crippen LogP contribution >= 0.6 is 0 Å². The Labute approximate surface area is 495 Å². The van der Waals surface area contributed by atoms with Crippen LogP contribution in [-0.4, -0.2) is 265 Å². The number of aliphatic hydroxyl groups is 7. The second kappa shape index (κ2) is 50.2. The zero-order valence-corrected chi connectivity index (χ0v) is 49.8. The van der Waals surface area contributed by atoms with Gasteiger partial charge in [0.1, 0.15) is 11.9 Å². The third-order valence-corrected chi connectivity index (χ3v) is 13.7. The van der Waals surface area contributed by atoms with Crippen molar-refractivity contribution in [2.24, 2.45) is 0 Å². The molecule has 5 atom stereocenters. The van der Waals surface area contributed by atoms with Gasteiger partial charge in [0.25, 0.3) is 0 Å². The Morgan fingerprint density at radius 1 is 0.488 bits per heavy atom. The second-order valence-corrected chi connectivity index (χ2v) is 21.0. The van der Waals surface area contributed by atoms with E-state index in [1.165, 1.54) is 14.7 Å². The molecule has 0 aliphatic carbocycles. The number of aliphatic hydroxyl groups excluding tert-OH is 7. The third-order valence-electron chi connectivity index (χ3n) is 13.7. The van der Waals surface area contributed by atoms with Gasteiger partial charge in [-0.2, -0.15) is 0 Å². The molecule has 84 heavy (non-hydrogen) atoms. The monoisotopic (exact) mass is 1200 g/mol. The number of hydrogen-bond acceptors (Lipinski definition) is 20. The molecule has 0 spiro atoms. The fourth-order valence-corrected chi connectivity index (χ4v) is 8.96. The third kappa shape index (κ3) is 39.6. The SMILES string of the molecule is CC(=O)CCCCCN[C@@H](CC(=O)NCCCCCNC(=O)CN(CC(=O)NCCCCCC(=O)N(CCO)CCO)CC(=O)NCCCCCC(=O)N(CCO)CCO[C@H]1O[C@H](CO)C[C@H](O)[C@@H]1O)C(=O)NCCCCCC(=O)NCCO. The summed E-state index contributed by atoms with van der Waals surface area (Å²) in [4.78, 5) is 118. The highest BCUT2D eigenvalue weighted by Crippen LogP contribution is 2.21. The van der Waals surface area contributed by atoms with Gasteiger partial charge in [0.05, 0.1) is 83.9 Å². The van der Waals surface area contributed by atoms with Crippen molar-refractivity contribution >= 4 is 53.0 Å². The Bertz CT molecular complexity index is 1850. The van der Waals surface area contributed by atoms with Gasteiger partial charge in [-0.25, -0.2) is 0 Å². The van der Waals surface area contributed by atoms with Crippen LogP contribution in [0.3, 0.4) is 0 Å². The minimum absolute atomic E-state index is 0.0449. The normalized spacial score (nSPS) is 16.1. The molecule has 0 aromatic heterocycles. The predicted octanol–water partition coefficient (Wildman–Crippen LogP) is -3.19. The van der Waals surface area contributed by atoms with Crippen molar-refractivity contribution in [1.82, 2.24) is 51.9 Å². The van der Waals surface area contributed by atoms with Gasteiger partial charge in [0.2, 0.25) is 47.3 Å². The topological polar surface area (TPSA) is 408 Å². The van der Waals surface area contributed by atoms with Crippen molar-refractivity contribution in [3.63, 3.8) is 0 Å². The van der Waals surface area contributed by atoms with E-state index in [4.69, 9.17) is 14.6 Å². The van der Waals surface area contributed by atoms with E-state index in [1.54, 1.807) is 6.92 Å². The highest BCUT2D eigenvalue weighted by molar-refractivity contribution is 5.88. The molecule has 1 heterocycles. The van der Waals surface area contributed by atoms with E-state index in [1.807, 2.05) is 0 Å². The molecule has 28 nitrogen and oxygen atoms in total.